The summed E-state index contributed by atoms with van der Waals surface area (Å²) in [4.78, 5) is 21.0. The largest absolute Gasteiger partial charge is 0.385 e. The van der Waals surface area contributed by atoms with E-state index in [2.05, 4.69) is 15.3 Å². The number of nitro groups is 1. The lowest BCUT2D eigenvalue weighted by atomic mass is 10.2. The van der Waals surface area contributed by atoms with Crippen LogP contribution in [0.1, 0.15) is 20.3 Å². The van der Waals surface area contributed by atoms with Gasteiger partial charge in [0.1, 0.15) is 0 Å². The summed E-state index contributed by atoms with van der Waals surface area (Å²) in [5.41, 5.74) is 5.55. The fourth-order valence-corrected chi connectivity index (χ4v) is 2.70. The van der Waals surface area contributed by atoms with E-state index in [1.807, 2.05) is 18.7 Å². The van der Waals surface area contributed by atoms with Crippen molar-refractivity contribution in [2.45, 2.75) is 32.5 Å². The third kappa shape index (κ3) is 4.42. The molecule has 0 unspecified atom stereocenters. The van der Waals surface area contributed by atoms with Crippen molar-refractivity contribution in [3.05, 3.63) is 10.1 Å². The van der Waals surface area contributed by atoms with Gasteiger partial charge in [-0.05, 0) is 20.3 Å². The van der Waals surface area contributed by atoms with Crippen LogP contribution >= 0.6 is 0 Å². The quantitative estimate of drug-likeness (QED) is 0.424. The molecule has 0 amide bonds. The Labute approximate surface area is 140 Å². The van der Waals surface area contributed by atoms with Crippen molar-refractivity contribution in [2.24, 2.45) is 0 Å². The molecule has 2 heterocycles. The molecule has 0 aromatic carbocycles. The molecule has 1 saturated heterocycles. The lowest BCUT2D eigenvalue weighted by Crippen LogP contribution is -2.46. The molecule has 0 spiro atoms. The van der Waals surface area contributed by atoms with Crippen LogP contribution in [0.2, 0.25) is 0 Å². The molecule has 3 N–H and O–H groups in total. The summed E-state index contributed by atoms with van der Waals surface area (Å²) < 4.78 is 10.7. The Morgan fingerprint density at radius 3 is 2.67 bits per heavy atom. The Balaban J connectivity index is 2.28. The van der Waals surface area contributed by atoms with Crippen LogP contribution < -0.4 is 16.0 Å². The van der Waals surface area contributed by atoms with Crippen molar-refractivity contribution >= 4 is 23.3 Å². The number of anilines is 3. The first-order chi connectivity index (χ1) is 11.4. The molecule has 1 aliphatic rings. The summed E-state index contributed by atoms with van der Waals surface area (Å²) in [6.07, 6.45) is 0.655. The van der Waals surface area contributed by atoms with Crippen molar-refractivity contribution in [3.63, 3.8) is 0 Å². The number of nitrogens with two attached hydrogens (primary N) is 1. The van der Waals surface area contributed by atoms with Crippen LogP contribution in [0.4, 0.5) is 23.3 Å². The Morgan fingerprint density at radius 1 is 1.42 bits per heavy atom. The molecule has 1 aromatic rings. The van der Waals surface area contributed by atoms with Gasteiger partial charge in [-0.2, -0.15) is 9.97 Å². The normalized spacial score (nSPS) is 20.9. The van der Waals surface area contributed by atoms with E-state index in [-0.39, 0.29) is 35.5 Å². The summed E-state index contributed by atoms with van der Waals surface area (Å²) in [6.45, 7) is 6.03. The molecule has 10 nitrogen and oxygen atoms in total. The molecule has 2 atom stereocenters. The second-order valence-electron chi connectivity index (χ2n) is 5.80. The topological polar surface area (TPSA) is 129 Å². The Kier molecular flexibility index (Phi) is 6.10. The number of aromatic nitrogens is 2. The third-order valence-corrected chi connectivity index (χ3v) is 3.60. The molecule has 10 heteroatoms. The van der Waals surface area contributed by atoms with E-state index in [1.54, 1.807) is 7.11 Å². The fourth-order valence-electron chi connectivity index (χ4n) is 2.70. The van der Waals surface area contributed by atoms with Crippen molar-refractivity contribution in [1.82, 2.24) is 9.97 Å². The van der Waals surface area contributed by atoms with E-state index in [0.717, 1.165) is 6.42 Å². The molecular weight excluding hydrogens is 316 g/mol. The van der Waals surface area contributed by atoms with Gasteiger partial charge in [0.05, 0.1) is 17.1 Å². The average Bonchev–Trinajstić information content (AvgIpc) is 2.49. The van der Waals surface area contributed by atoms with Gasteiger partial charge in [0.2, 0.25) is 17.6 Å². The molecule has 0 bridgehead atoms. The Bertz CT molecular complexity index is 575. The van der Waals surface area contributed by atoms with Gasteiger partial charge in [-0.1, -0.05) is 0 Å². The highest BCUT2D eigenvalue weighted by atomic mass is 16.6. The first-order valence-electron chi connectivity index (χ1n) is 7.87. The highest BCUT2D eigenvalue weighted by Gasteiger charge is 2.31. The second kappa shape index (κ2) is 8.06. The smallest absolute Gasteiger partial charge is 0.353 e. The number of nitrogen functional groups attached to an aromatic ring is 1. The van der Waals surface area contributed by atoms with Crippen LogP contribution in [0.25, 0.3) is 0 Å². The minimum Gasteiger partial charge on any atom is -0.385 e. The van der Waals surface area contributed by atoms with Crippen molar-refractivity contribution in [2.75, 3.05) is 49.3 Å². The number of nitrogens with one attached hydrogen (secondary N) is 1. The summed E-state index contributed by atoms with van der Waals surface area (Å²) in [7, 11) is 1.62. The molecular formula is C14H24N6O4. The number of nitrogens with zero attached hydrogens (tertiary/aromatic N) is 4. The lowest BCUT2D eigenvalue weighted by molar-refractivity contribution is -0.383. The van der Waals surface area contributed by atoms with E-state index in [1.165, 1.54) is 0 Å². The van der Waals surface area contributed by atoms with E-state index < -0.39 is 4.92 Å². The van der Waals surface area contributed by atoms with Gasteiger partial charge in [0, 0.05) is 33.4 Å². The van der Waals surface area contributed by atoms with Crippen LogP contribution in [-0.4, -0.2) is 60.5 Å². The predicted molar refractivity (Wildman–Crippen MR) is 90.3 cm³/mol. The zero-order chi connectivity index (χ0) is 17.7. The molecule has 134 valence electrons. The van der Waals surface area contributed by atoms with Crippen LogP contribution in [-0.2, 0) is 9.47 Å². The molecule has 1 fully saturated rings. The molecule has 0 saturated carbocycles. The number of rotatable bonds is 7. The van der Waals surface area contributed by atoms with Gasteiger partial charge in [-0.25, -0.2) is 0 Å². The van der Waals surface area contributed by atoms with Crippen molar-refractivity contribution in [1.29, 1.82) is 0 Å². The number of hydrogen-bond acceptors (Lipinski definition) is 9. The van der Waals surface area contributed by atoms with Crippen LogP contribution in [0.5, 0.6) is 0 Å². The van der Waals surface area contributed by atoms with Gasteiger partial charge in [-0.3, -0.25) is 10.1 Å². The van der Waals surface area contributed by atoms with E-state index in [4.69, 9.17) is 15.2 Å². The minimum atomic E-state index is -0.538. The van der Waals surface area contributed by atoms with E-state index in [9.17, 15) is 10.1 Å². The average molecular weight is 340 g/mol. The second-order valence-corrected chi connectivity index (χ2v) is 5.80. The first kappa shape index (κ1) is 18.1. The van der Waals surface area contributed by atoms with E-state index >= 15 is 0 Å². The Hall–Kier alpha value is -2.20. The maximum atomic E-state index is 11.4. The van der Waals surface area contributed by atoms with Crippen molar-refractivity contribution < 1.29 is 14.4 Å². The summed E-state index contributed by atoms with van der Waals surface area (Å²) in [5.74, 6) is 0.353. The number of hydrogen-bond donors (Lipinski definition) is 2. The number of ether oxygens (including phenoxy) is 2. The lowest BCUT2D eigenvalue weighted by Gasteiger charge is -2.35. The summed E-state index contributed by atoms with van der Waals surface area (Å²) in [6, 6.07) is 0. The van der Waals surface area contributed by atoms with Crippen LogP contribution in [0, 0.1) is 10.1 Å². The molecule has 0 radical (unpaired) electrons. The van der Waals surface area contributed by atoms with Gasteiger partial charge >= 0.3 is 5.69 Å². The SMILES string of the molecule is COCCCNc1nc(N)c([N+](=O)[O-])c(N2C[C@H](C)O[C@@H](C)C2)n1. The fraction of sp³-hybridized carbons (Fsp3) is 0.714. The zero-order valence-corrected chi connectivity index (χ0v) is 14.2. The third-order valence-electron chi connectivity index (χ3n) is 3.60. The zero-order valence-electron chi connectivity index (χ0n) is 14.2. The standard InChI is InChI=1S/C14H24N6O4/c1-9-7-19(8-10(2)24-9)13-11(20(21)22)12(15)17-14(18-13)16-5-4-6-23-3/h9-10H,4-8H2,1-3H3,(H3,15,16,17,18)/t9-,10-/m0/s1. The van der Waals surface area contributed by atoms with Crippen LogP contribution in [0.3, 0.4) is 0 Å². The molecule has 24 heavy (non-hydrogen) atoms. The molecule has 1 aromatic heterocycles. The van der Waals surface area contributed by atoms with E-state index in [0.29, 0.717) is 26.2 Å². The van der Waals surface area contributed by atoms with Gasteiger partial charge < -0.3 is 25.4 Å². The first-order valence-corrected chi connectivity index (χ1v) is 7.87. The maximum Gasteiger partial charge on any atom is 0.353 e. The highest BCUT2D eigenvalue weighted by Crippen LogP contribution is 2.33. The number of morpholine rings is 1. The van der Waals surface area contributed by atoms with Gasteiger partial charge in [0.15, 0.2) is 0 Å². The molecule has 2 rings (SSSR count). The Morgan fingerprint density at radius 2 is 2.08 bits per heavy atom. The predicted octanol–water partition coefficient (Wildman–Crippen LogP) is 1.03. The maximum absolute atomic E-state index is 11.4. The van der Waals surface area contributed by atoms with Crippen LogP contribution in [0.15, 0.2) is 0 Å². The van der Waals surface area contributed by atoms with Gasteiger partial charge in [-0.15, -0.1) is 0 Å². The summed E-state index contributed by atoms with van der Waals surface area (Å²) in [5, 5.41) is 14.4. The minimum absolute atomic E-state index is 0.0531. The summed E-state index contributed by atoms with van der Waals surface area (Å²) >= 11 is 0. The van der Waals surface area contributed by atoms with Gasteiger partial charge in [0.25, 0.3) is 0 Å². The van der Waals surface area contributed by atoms with Crippen molar-refractivity contribution in [3.8, 4) is 0 Å². The number of methoxy groups -OCH3 is 1. The highest BCUT2D eigenvalue weighted by molar-refractivity contribution is 5.71. The molecule has 0 aliphatic carbocycles. The monoisotopic (exact) mass is 340 g/mol. The molecule has 1 aliphatic heterocycles.